The third kappa shape index (κ3) is 3.29. The molecule has 0 aliphatic heterocycles. The summed E-state index contributed by atoms with van der Waals surface area (Å²) in [4.78, 5) is 15.1. The number of Topliss-reactive ketones (excluding diaryl/α,β-unsaturated/α-hetero) is 1. The van der Waals surface area contributed by atoms with Crippen molar-refractivity contribution < 1.29 is 9.53 Å². The van der Waals surface area contributed by atoms with Gasteiger partial charge in [0.15, 0.2) is 5.78 Å². The van der Waals surface area contributed by atoms with Gasteiger partial charge in [-0.05, 0) is 51.8 Å². The van der Waals surface area contributed by atoms with E-state index in [-0.39, 0.29) is 5.54 Å². The minimum absolute atomic E-state index is 0.298. The predicted octanol–water partition coefficient (Wildman–Crippen LogP) is 3.32. The SMILES string of the molecule is COc1ccccc1CC(=O)C1(N(C)C)CCC(C)CC1. The average Bonchev–Trinajstić information content (AvgIpc) is 2.48. The van der Waals surface area contributed by atoms with Gasteiger partial charge < -0.3 is 4.74 Å². The number of rotatable bonds is 5. The second-order valence-corrected chi connectivity index (χ2v) is 6.52. The lowest BCUT2D eigenvalue weighted by Gasteiger charge is -2.43. The summed E-state index contributed by atoms with van der Waals surface area (Å²) >= 11 is 0. The molecule has 0 aromatic heterocycles. The van der Waals surface area contributed by atoms with Crippen LogP contribution in [0.15, 0.2) is 24.3 Å². The molecular formula is C18H27NO2. The van der Waals surface area contributed by atoms with E-state index in [1.165, 1.54) is 0 Å². The summed E-state index contributed by atoms with van der Waals surface area (Å²) in [6.07, 6.45) is 4.66. The number of ketones is 1. The largest absolute Gasteiger partial charge is 0.496 e. The first-order chi connectivity index (χ1) is 9.99. The smallest absolute Gasteiger partial charge is 0.157 e. The van der Waals surface area contributed by atoms with Gasteiger partial charge in [-0.15, -0.1) is 0 Å². The number of para-hydroxylation sites is 1. The molecule has 0 radical (unpaired) electrons. The third-order valence-corrected chi connectivity index (χ3v) is 5.02. The standard InChI is InChI=1S/C18H27NO2/c1-14-9-11-18(12-10-14,19(2)3)17(20)13-15-7-5-6-8-16(15)21-4/h5-8,14H,9-13H2,1-4H3. The van der Waals surface area contributed by atoms with Gasteiger partial charge in [-0.2, -0.15) is 0 Å². The van der Waals surface area contributed by atoms with E-state index in [1.807, 2.05) is 38.4 Å². The summed E-state index contributed by atoms with van der Waals surface area (Å²) in [6, 6.07) is 7.83. The van der Waals surface area contributed by atoms with Crippen molar-refractivity contribution in [3.05, 3.63) is 29.8 Å². The van der Waals surface area contributed by atoms with Gasteiger partial charge in [0.05, 0.1) is 12.6 Å². The molecule has 1 fully saturated rings. The van der Waals surface area contributed by atoms with Gasteiger partial charge in [-0.25, -0.2) is 0 Å². The topological polar surface area (TPSA) is 29.5 Å². The van der Waals surface area contributed by atoms with E-state index in [0.717, 1.165) is 42.9 Å². The lowest BCUT2D eigenvalue weighted by Crippen LogP contribution is -2.53. The molecule has 1 aromatic carbocycles. The Morgan fingerprint density at radius 3 is 2.48 bits per heavy atom. The molecule has 1 aliphatic carbocycles. The lowest BCUT2D eigenvalue weighted by atomic mass is 9.72. The minimum atomic E-state index is -0.298. The monoisotopic (exact) mass is 289 g/mol. The Kier molecular flexibility index (Phi) is 5.04. The van der Waals surface area contributed by atoms with Crippen LogP contribution in [-0.4, -0.2) is 37.4 Å². The van der Waals surface area contributed by atoms with Crippen molar-refractivity contribution in [2.75, 3.05) is 21.2 Å². The predicted molar refractivity (Wildman–Crippen MR) is 85.8 cm³/mol. The highest BCUT2D eigenvalue weighted by atomic mass is 16.5. The maximum absolute atomic E-state index is 13.0. The Labute approximate surface area is 128 Å². The van der Waals surface area contributed by atoms with Crippen molar-refractivity contribution in [1.29, 1.82) is 0 Å². The molecule has 2 rings (SSSR count). The molecule has 0 unspecified atom stereocenters. The highest BCUT2D eigenvalue weighted by molar-refractivity contribution is 5.90. The van der Waals surface area contributed by atoms with Crippen molar-refractivity contribution in [3.8, 4) is 5.75 Å². The van der Waals surface area contributed by atoms with Crippen molar-refractivity contribution in [1.82, 2.24) is 4.90 Å². The van der Waals surface area contributed by atoms with Gasteiger partial charge in [0.25, 0.3) is 0 Å². The van der Waals surface area contributed by atoms with Crippen LogP contribution in [0.3, 0.4) is 0 Å². The number of methoxy groups -OCH3 is 1. The van der Waals surface area contributed by atoms with Gasteiger partial charge in [0.1, 0.15) is 5.75 Å². The van der Waals surface area contributed by atoms with Gasteiger partial charge in [-0.3, -0.25) is 9.69 Å². The molecule has 1 saturated carbocycles. The Bertz CT molecular complexity index is 488. The average molecular weight is 289 g/mol. The molecule has 0 bridgehead atoms. The number of benzene rings is 1. The lowest BCUT2D eigenvalue weighted by molar-refractivity contribution is -0.131. The van der Waals surface area contributed by atoms with Crippen molar-refractivity contribution >= 4 is 5.78 Å². The Morgan fingerprint density at radius 1 is 1.29 bits per heavy atom. The van der Waals surface area contributed by atoms with E-state index in [4.69, 9.17) is 4.74 Å². The van der Waals surface area contributed by atoms with Crippen LogP contribution in [0.5, 0.6) is 5.75 Å². The van der Waals surface area contributed by atoms with Gasteiger partial charge >= 0.3 is 0 Å². The van der Waals surface area contributed by atoms with Crippen molar-refractivity contribution in [2.24, 2.45) is 5.92 Å². The van der Waals surface area contributed by atoms with Gasteiger partial charge in [0, 0.05) is 12.0 Å². The highest BCUT2D eigenvalue weighted by Gasteiger charge is 2.42. The molecule has 0 heterocycles. The van der Waals surface area contributed by atoms with Crippen LogP contribution >= 0.6 is 0 Å². The number of nitrogens with zero attached hydrogens (tertiary/aromatic N) is 1. The molecule has 116 valence electrons. The first kappa shape index (κ1) is 16.0. The molecule has 1 aliphatic rings. The van der Waals surface area contributed by atoms with Crippen LogP contribution in [0.4, 0.5) is 0 Å². The number of ether oxygens (including phenoxy) is 1. The summed E-state index contributed by atoms with van der Waals surface area (Å²) in [6.45, 7) is 2.28. The van der Waals surface area contributed by atoms with Crippen LogP contribution in [0.25, 0.3) is 0 Å². The second-order valence-electron chi connectivity index (χ2n) is 6.52. The first-order valence-corrected chi connectivity index (χ1v) is 7.82. The van der Waals surface area contributed by atoms with Gasteiger partial charge in [0.2, 0.25) is 0 Å². The van der Waals surface area contributed by atoms with Crippen LogP contribution in [0.2, 0.25) is 0 Å². The molecule has 0 saturated heterocycles. The third-order valence-electron chi connectivity index (χ3n) is 5.02. The van der Waals surface area contributed by atoms with E-state index >= 15 is 0 Å². The molecule has 0 N–H and O–H groups in total. The number of hydrogen-bond acceptors (Lipinski definition) is 3. The number of hydrogen-bond donors (Lipinski definition) is 0. The summed E-state index contributed by atoms with van der Waals surface area (Å²) in [7, 11) is 5.74. The Hall–Kier alpha value is -1.35. The van der Waals surface area contributed by atoms with Crippen LogP contribution in [0.1, 0.15) is 38.2 Å². The minimum Gasteiger partial charge on any atom is -0.496 e. The quantitative estimate of drug-likeness (QED) is 0.833. The molecule has 3 heteroatoms. The molecule has 1 aromatic rings. The van der Waals surface area contributed by atoms with E-state index in [2.05, 4.69) is 11.8 Å². The number of carbonyl (C=O) groups is 1. The molecule has 3 nitrogen and oxygen atoms in total. The van der Waals surface area contributed by atoms with E-state index in [9.17, 15) is 4.79 Å². The van der Waals surface area contributed by atoms with Crippen molar-refractivity contribution in [3.63, 3.8) is 0 Å². The maximum Gasteiger partial charge on any atom is 0.157 e. The normalized spacial score (nSPS) is 25.9. The zero-order valence-electron chi connectivity index (χ0n) is 13.7. The summed E-state index contributed by atoms with van der Waals surface area (Å²) in [5.41, 5.74) is 0.692. The molecule has 21 heavy (non-hydrogen) atoms. The summed E-state index contributed by atoms with van der Waals surface area (Å²) in [5, 5.41) is 0. The van der Waals surface area contributed by atoms with Crippen LogP contribution in [0, 0.1) is 5.92 Å². The second kappa shape index (κ2) is 6.61. The molecular weight excluding hydrogens is 262 g/mol. The zero-order chi connectivity index (χ0) is 15.5. The maximum atomic E-state index is 13.0. The Morgan fingerprint density at radius 2 is 1.90 bits per heavy atom. The Balaban J connectivity index is 2.20. The molecule has 0 atom stereocenters. The number of likely N-dealkylation sites (N-methyl/N-ethyl adjacent to an activating group) is 1. The van der Waals surface area contributed by atoms with Crippen LogP contribution in [-0.2, 0) is 11.2 Å². The first-order valence-electron chi connectivity index (χ1n) is 7.82. The fraction of sp³-hybridized carbons (Fsp3) is 0.611. The zero-order valence-corrected chi connectivity index (χ0v) is 13.7. The van der Waals surface area contributed by atoms with E-state index in [0.29, 0.717) is 12.2 Å². The molecule has 0 amide bonds. The van der Waals surface area contributed by atoms with Crippen LogP contribution < -0.4 is 4.74 Å². The highest BCUT2D eigenvalue weighted by Crippen LogP contribution is 2.37. The van der Waals surface area contributed by atoms with Crippen molar-refractivity contribution in [2.45, 2.75) is 44.6 Å². The fourth-order valence-corrected chi connectivity index (χ4v) is 3.40. The summed E-state index contributed by atoms with van der Waals surface area (Å²) in [5.74, 6) is 1.87. The molecule has 0 spiro atoms. The number of carbonyl (C=O) groups excluding carboxylic acids is 1. The summed E-state index contributed by atoms with van der Waals surface area (Å²) < 4.78 is 5.38. The fourth-order valence-electron chi connectivity index (χ4n) is 3.40. The van der Waals surface area contributed by atoms with E-state index in [1.54, 1.807) is 7.11 Å². The van der Waals surface area contributed by atoms with Gasteiger partial charge in [-0.1, -0.05) is 25.1 Å². The van der Waals surface area contributed by atoms with E-state index < -0.39 is 0 Å².